The van der Waals surface area contributed by atoms with Crippen LogP contribution in [0.15, 0.2) is 24.3 Å². The molecule has 1 aromatic rings. The van der Waals surface area contributed by atoms with Gasteiger partial charge in [0.1, 0.15) is 0 Å². The molecule has 2 aliphatic rings. The zero-order valence-electron chi connectivity index (χ0n) is 9.95. The molecular weight excluding hydrogens is 196 g/mol. The maximum absolute atomic E-state index is 6.20. The predicted octanol–water partition coefficient (Wildman–Crippen LogP) is 1.78. The number of nitrogens with zero attached hydrogens (tertiary/aromatic N) is 1. The van der Waals surface area contributed by atoms with Crippen molar-refractivity contribution < 1.29 is 0 Å². The normalized spacial score (nSPS) is 32.8. The molecule has 1 aliphatic carbocycles. The zero-order valence-corrected chi connectivity index (χ0v) is 9.95. The first-order valence-corrected chi connectivity index (χ1v) is 6.29. The summed E-state index contributed by atoms with van der Waals surface area (Å²) in [5.41, 5.74) is 9.22. The second kappa shape index (κ2) is 3.57. The van der Waals surface area contributed by atoms with E-state index in [1.165, 1.54) is 24.1 Å². The molecule has 2 heteroatoms. The van der Waals surface area contributed by atoms with Crippen molar-refractivity contribution in [3.05, 3.63) is 35.4 Å². The number of aryl methyl sites for hydroxylation is 1. The van der Waals surface area contributed by atoms with Gasteiger partial charge in [-0.25, -0.2) is 0 Å². The third-order valence-corrected chi connectivity index (χ3v) is 4.11. The Balaban J connectivity index is 1.62. The van der Waals surface area contributed by atoms with Crippen LogP contribution in [-0.2, 0) is 13.0 Å². The molecule has 1 aromatic carbocycles. The first-order valence-electron chi connectivity index (χ1n) is 6.29. The molecule has 1 saturated carbocycles. The minimum atomic E-state index is 0.184. The standard InChI is InChI=1S/C14H20N2/c1-2-11-3-5-12(6-4-11)8-16-9-13-7-14(13,15)10-16/h3-6,13H,2,7-10,15H2,1H3. The Morgan fingerprint density at radius 3 is 2.56 bits per heavy atom. The summed E-state index contributed by atoms with van der Waals surface area (Å²) in [6.45, 7) is 5.56. The van der Waals surface area contributed by atoms with E-state index in [9.17, 15) is 0 Å². The van der Waals surface area contributed by atoms with Gasteiger partial charge in [-0.05, 0) is 29.9 Å². The molecule has 1 aliphatic heterocycles. The number of benzene rings is 1. The second-order valence-corrected chi connectivity index (χ2v) is 5.47. The van der Waals surface area contributed by atoms with Crippen LogP contribution in [0.25, 0.3) is 0 Å². The summed E-state index contributed by atoms with van der Waals surface area (Å²) in [5, 5.41) is 0. The maximum Gasteiger partial charge on any atom is 0.0328 e. The predicted molar refractivity (Wildman–Crippen MR) is 66.1 cm³/mol. The highest BCUT2D eigenvalue weighted by atomic mass is 15.2. The molecule has 2 fully saturated rings. The lowest BCUT2D eigenvalue weighted by atomic mass is 10.1. The fourth-order valence-electron chi connectivity index (χ4n) is 2.89. The average molecular weight is 216 g/mol. The van der Waals surface area contributed by atoms with Crippen LogP contribution in [0.5, 0.6) is 0 Å². The van der Waals surface area contributed by atoms with Gasteiger partial charge < -0.3 is 5.73 Å². The maximum atomic E-state index is 6.20. The molecule has 3 rings (SSSR count). The molecule has 0 bridgehead atoms. The van der Waals surface area contributed by atoms with Crippen molar-refractivity contribution in [1.29, 1.82) is 0 Å². The third kappa shape index (κ3) is 1.76. The molecule has 1 heterocycles. The van der Waals surface area contributed by atoms with E-state index in [1.54, 1.807) is 0 Å². The highest BCUT2D eigenvalue weighted by Gasteiger charge is 2.56. The number of hydrogen-bond donors (Lipinski definition) is 1. The Morgan fingerprint density at radius 2 is 2.00 bits per heavy atom. The zero-order chi connectivity index (χ0) is 11.2. The van der Waals surface area contributed by atoms with E-state index >= 15 is 0 Å². The van der Waals surface area contributed by atoms with Gasteiger partial charge >= 0.3 is 0 Å². The van der Waals surface area contributed by atoms with Gasteiger partial charge in [-0.1, -0.05) is 31.2 Å². The van der Waals surface area contributed by atoms with Crippen LogP contribution in [-0.4, -0.2) is 23.5 Å². The number of hydrogen-bond acceptors (Lipinski definition) is 2. The lowest BCUT2D eigenvalue weighted by Crippen LogP contribution is -2.32. The highest BCUT2D eigenvalue weighted by molar-refractivity contribution is 5.23. The van der Waals surface area contributed by atoms with Crippen LogP contribution >= 0.6 is 0 Å². The molecule has 86 valence electrons. The van der Waals surface area contributed by atoms with Crippen molar-refractivity contribution in [3.8, 4) is 0 Å². The van der Waals surface area contributed by atoms with E-state index in [1.807, 2.05) is 0 Å². The number of fused-ring (bicyclic) bond motifs is 1. The van der Waals surface area contributed by atoms with Gasteiger partial charge in [0.25, 0.3) is 0 Å². The Hall–Kier alpha value is -0.860. The van der Waals surface area contributed by atoms with Crippen molar-refractivity contribution in [2.45, 2.75) is 31.8 Å². The minimum Gasteiger partial charge on any atom is -0.324 e. The molecule has 0 spiro atoms. The van der Waals surface area contributed by atoms with Crippen LogP contribution in [0.4, 0.5) is 0 Å². The lowest BCUT2D eigenvalue weighted by molar-refractivity contribution is 0.290. The number of nitrogens with two attached hydrogens (primary N) is 1. The summed E-state index contributed by atoms with van der Waals surface area (Å²) < 4.78 is 0. The summed E-state index contributed by atoms with van der Waals surface area (Å²) in [7, 11) is 0. The molecule has 1 saturated heterocycles. The fraction of sp³-hybridized carbons (Fsp3) is 0.571. The number of rotatable bonds is 3. The van der Waals surface area contributed by atoms with Crippen LogP contribution in [0.3, 0.4) is 0 Å². The molecule has 2 atom stereocenters. The van der Waals surface area contributed by atoms with E-state index in [4.69, 9.17) is 5.73 Å². The van der Waals surface area contributed by atoms with Crippen molar-refractivity contribution >= 4 is 0 Å². The van der Waals surface area contributed by atoms with Crippen molar-refractivity contribution in [3.63, 3.8) is 0 Å². The fourth-order valence-corrected chi connectivity index (χ4v) is 2.89. The highest BCUT2D eigenvalue weighted by Crippen LogP contribution is 2.47. The van der Waals surface area contributed by atoms with Crippen LogP contribution in [0, 0.1) is 5.92 Å². The minimum absolute atomic E-state index is 0.184. The van der Waals surface area contributed by atoms with Gasteiger partial charge in [0.2, 0.25) is 0 Å². The summed E-state index contributed by atoms with van der Waals surface area (Å²) in [6.07, 6.45) is 2.37. The average Bonchev–Trinajstić information content (AvgIpc) is 2.79. The topological polar surface area (TPSA) is 29.3 Å². The Kier molecular flexibility index (Phi) is 2.30. The smallest absolute Gasteiger partial charge is 0.0328 e. The first-order chi connectivity index (χ1) is 7.69. The quantitative estimate of drug-likeness (QED) is 0.834. The van der Waals surface area contributed by atoms with Crippen molar-refractivity contribution in [1.82, 2.24) is 4.90 Å². The second-order valence-electron chi connectivity index (χ2n) is 5.47. The lowest BCUT2D eigenvalue weighted by Gasteiger charge is -2.19. The SMILES string of the molecule is CCc1ccc(CN2CC3CC3(N)C2)cc1. The Morgan fingerprint density at radius 1 is 1.31 bits per heavy atom. The molecule has 0 amide bonds. The summed E-state index contributed by atoms with van der Waals surface area (Å²) >= 11 is 0. The molecule has 2 N–H and O–H groups in total. The van der Waals surface area contributed by atoms with E-state index < -0.39 is 0 Å². The van der Waals surface area contributed by atoms with Gasteiger partial charge in [-0.15, -0.1) is 0 Å². The summed E-state index contributed by atoms with van der Waals surface area (Å²) in [6, 6.07) is 8.99. The number of piperidine rings is 1. The summed E-state index contributed by atoms with van der Waals surface area (Å²) in [5.74, 6) is 0.780. The molecular formula is C14H20N2. The number of likely N-dealkylation sites (tertiary alicyclic amines) is 1. The van der Waals surface area contributed by atoms with Gasteiger partial charge in [0, 0.05) is 25.2 Å². The summed E-state index contributed by atoms with van der Waals surface area (Å²) in [4.78, 5) is 2.50. The van der Waals surface area contributed by atoms with Gasteiger partial charge in [-0.3, -0.25) is 4.90 Å². The molecule has 2 unspecified atom stereocenters. The van der Waals surface area contributed by atoms with E-state index in [-0.39, 0.29) is 5.54 Å². The van der Waals surface area contributed by atoms with Gasteiger partial charge in [-0.2, -0.15) is 0 Å². The molecule has 0 aromatic heterocycles. The molecule has 16 heavy (non-hydrogen) atoms. The monoisotopic (exact) mass is 216 g/mol. The largest absolute Gasteiger partial charge is 0.324 e. The molecule has 2 nitrogen and oxygen atoms in total. The van der Waals surface area contributed by atoms with Gasteiger partial charge in [0.15, 0.2) is 0 Å². The van der Waals surface area contributed by atoms with Crippen LogP contribution in [0.2, 0.25) is 0 Å². The van der Waals surface area contributed by atoms with Crippen molar-refractivity contribution in [2.75, 3.05) is 13.1 Å². The van der Waals surface area contributed by atoms with E-state index in [2.05, 4.69) is 36.1 Å². The Bertz CT molecular complexity index is 384. The van der Waals surface area contributed by atoms with Crippen molar-refractivity contribution in [2.24, 2.45) is 11.7 Å². The third-order valence-electron chi connectivity index (χ3n) is 4.11. The Labute approximate surface area is 97.4 Å². The first kappa shape index (κ1) is 10.3. The molecule has 0 radical (unpaired) electrons. The van der Waals surface area contributed by atoms with E-state index in [0.29, 0.717) is 0 Å². The van der Waals surface area contributed by atoms with Crippen LogP contribution < -0.4 is 5.73 Å². The van der Waals surface area contributed by atoms with Gasteiger partial charge in [0.05, 0.1) is 0 Å². The van der Waals surface area contributed by atoms with Crippen LogP contribution in [0.1, 0.15) is 24.5 Å². The van der Waals surface area contributed by atoms with E-state index in [0.717, 1.165) is 25.4 Å².